The van der Waals surface area contributed by atoms with Crippen molar-refractivity contribution in [2.75, 3.05) is 0 Å². The first-order chi connectivity index (χ1) is 12.9. The third-order valence-electron chi connectivity index (χ3n) is 7.23. The maximum Gasteiger partial charge on any atom is 0.250 e. The molecule has 0 saturated carbocycles. The second-order valence-corrected chi connectivity index (χ2v) is 21.6. The number of carbonyl (C=O) groups is 1. The zero-order valence-corrected chi connectivity index (χ0v) is 23.1. The number of hydrogen-bond acceptors (Lipinski definition) is 3. The summed E-state index contributed by atoms with van der Waals surface area (Å²) >= 11 is 0. The normalized spacial score (nSPS) is 22.7. The van der Waals surface area contributed by atoms with E-state index in [9.17, 15) is 4.79 Å². The Morgan fingerprint density at radius 1 is 1.00 bits per heavy atom. The summed E-state index contributed by atoms with van der Waals surface area (Å²) in [5, 5.41) is 0.276. The summed E-state index contributed by atoms with van der Waals surface area (Å²) in [7, 11) is -3.82. The van der Waals surface area contributed by atoms with Gasteiger partial charge in [0, 0.05) is 12.3 Å². The average Bonchev–Trinajstić information content (AvgIpc) is 2.63. The number of ketones is 1. The van der Waals surface area contributed by atoms with Crippen LogP contribution in [0.25, 0.3) is 0 Å². The van der Waals surface area contributed by atoms with Crippen LogP contribution in [-0.4, -0.2) is 22.4 Å². The van der Waals surface area contributed by atoms with Crippen LogP contribution in [-0.2, 0) is 13.6 Å². The average molecular weight is 439 g/mol. The Morgan fingerprint density at radius 2 is 1.52 bits per heavy atom. The summed E-state index contributed by atoms with van der Waals surface area (Å²) in [4.78, 5) is 12.7. The second kappa shape index (κ2) is 9.13. The van der Waals surface area contributed by atoms with Crippen LogP contribution in [0.3, 0.4) is 0 Å². The van der Waals surface area contributed by atoms with Crippen LogP contribution >= 0.6 is 0 Å². The van der Waals surface area contributed by atoms with E-state index in [0.29, 0.717) is 18.8 Å². The first-order valence-electron chi connectivity index (χ1n) is 11.1. The van der Waals surface area contributed by atoms with Gasteiger partial charge in [0.25, 0.3) is 0 Å². The fourth-order valence-corrected chi connectivity index (χ4v) is 4.84. The zero-order valence-electron chi connectivity index (χ0n) is 21.1. The predicted octanol–water partition coefficient (Wildman–Crippen LogP) is 7.68. The van der Waals surface area contributed by atoms with Crippen LogP contribution in [0.2, 0.25) is 36.3 Å². The van der Waals surface area contributed by atoms with Gasteiger partial charge in [-0.05, 0) is 60.3 Å². The lowest BCUT2D eigenvalue weighted by molar-refractivity contribution is -0.119. The largest absolute Gasteiger partial charge is 0.549 e. The molecule has 0 N–H and O–H groups in total. The minimum Gasteiger partial charge on any atom is -0.549 e. The van der Waals surface area contributed by atoms with Crippen molar-refractivity contribution in [3.63, 3.8) is 0 Å². The molecule has 0 aromatic rings. The van der Waals surface area contributed by atoms with Crippen molar-refractivity contribution in [1.82, 2.24) is 0 Å². The molecule has 0 radical (unpaired) electrons. The highest BCUT2D eigenvalue weighted by Gasteiger charge is 2.41. The van der Waals surface area contributed by atoms with Crippen LogP contribution in [0.15, 0.2) is 24.2 Å². The highest BCUT2D eigenvalue weighted by molar-refractivity contribution is 6.74. The van der Waals surface area contributed by atoms with E-state index in [2.05, 4.69) is 93.7 Å². The molecule has 1 aliphatic carbocycles. The molecule has 5 heteroatoms. The molecule has 3 nitrogen and oxygen atoms in total. The highest BCUT2D eigenvalue weighted by Crippen LogP contribution is 2.41. The third kappa shape index (κ3) is 7.13. The fourth-order valence-electron chi connectivity index (χ4n) is 2.97. The van der Waals surface area contributed by atoms with Crippen LogP contribution in [0.4, 0.5) is 0 Å². The maximum atomic E-state index is 12.7. The molecule has 0 spiro atoms. The van der Waals surface area contributed by atoms with Gasteiger partial charge in [0.15, 0.2) is 0 Å². The summed E-state index contributed by atoms with van der Waals surface area (Å²) in [5.74, 6) is 2.01. The van der Waals surface area contributed by atoms with E-state index in [0.717, 1.165) is 5.76 Å². The zero-order chi connectivity index (χ0) is 22.8. The van der Waals surface area contributed by atoms with Crippen molar-refractivity contribution in [3.8, 4) is 0 Å². The summed E-state index contributed by atoms with van der Waals surface area (Å²) in [6.07, 6.45) is 7.31. The van der Waals surface area contributed by atoms with Gasteiger partial charge in [-0.3, -0.25) is 4.79 Å². The van der Waals surface area contributed by atoms with Gasteiger partial charge in [-0.15, -0.1) is 0 Å². The van der Waals surface area contributed by atoms with E-state index in [1.807, 2.05) is 6.26 Å². The molecule has 0 aliphatic heterocycles. The fraction of sp³-hybridized carbons (Fsp3) is 0.792. The lowest BCUT2D eigenvalue weighted by Crippen LogP contribution is -2.40. The first kappa shape index (κ1) is 26.2. The number of carbonyl (C=O) groups excluding carboxylic acids is 1. The molecule has 0 bridgehead atoms. The molecule has 0 unspecified atom stereocenters. The molecule has 0 saturated heterocycles. The van der Waals surface area contributed by atoms with E-state index in [1.165, 1.54) is 0 Å². The molecule has 2 atom stereocenters. The van der Waals surface area contributed by atoms with Gasteiger partial charge in [0.1, 0.15) is 5.78 Å². The van der Waals surface area contributed by atoms with E-state index >= 15 is 0 Å². The Balaban J connectivity index is 3.19. The lowest BCUT2D eigenvalue weighted by atomic mass is 9.81. The molecule has 1 aliphatic rings. The molecule has 0 heterocycles. The molecular weight excluding hydrogens is 392 g/mol. The second-order valence-electron chi connectivity index (χ2n) is 12.1. The molecule has 0 fully saturated rings. The van der Waals surface area contributed by atoms with Crippen LogP contribution in [0.5, 0.6) is 0 Å². The summed E-state index contributed by atoms with van der Waals surface area (Å²) in [5.41, 5.74) is 0. The Labute approximate surface area is 182 Å². The monoisotopic (exact) mass is 438 g/mol. The minimum atomic E-state index is -1.98. The van der Waals surface area contributed by atoms with Gasteiger partial charge in [-0.25, -0.2) is 0 Å². The lowest BCUT2D eigenvalue weighted by Gasteiger charge is -2.37. The number of allylic oxidation sites excluding steroid dienone is 3. The Kier molecular flexibility index (Phi) is 8.25. The summed E-state index contributed by atoms with van der Waals surface area (Å²) < 4.78 is 12.9. The molecule has 29 heavy (non-hydrogen) atoms. The van der Waals surface area contributed by atoms with Gasteiger partial charge < -0.3 is 8.85 Å². The Morgan fingerprint density at radius 3 is 1.97 bits per heavy atom. The molecule has 0 amide bonds. The number of rotatable bonds is 6. The Bertz CT molecular complexity index is 631. The predicted molar refractivity (Wildman–Crippen MR) is 130 cm³/mol. The first-order valence-corrected chi connectivity index (χ1v) is 16.9. The van der Waals surface area contributed by atoms with Crippen molar-refractivity contribution in [3.05, 3.63) is 24.2 Å². The SMILES string of the molecule is CC(C)[C@@H]1CC(=O)CC(O[Si](C)(C)C(C)(C)C)=C[C@@H]1/C=C\O[Si](C)(C)C(C)(C)C. The van der Waals surface area contributed by atoms with Crippen LogP contribution in [0, 0.1) is 17.8 Å². The van der Waals surface area contributed by atoms with Crippen LogP contribution in [0.1, 0.15) is 68.2 Å². The summed E-state index contributed by atoms with van der Waals surface area (Å²) in [6, 6.07) is 0. The van der Waals surface area contributed by atoms with E-state index in [1.54, 1.807) is 0 Å². The van der Waals surface area contributed by atoms with Crippen molar-refractivity contribution < 1.29 is 13.6 Å². The number of Topliss-reactive ketones (excluding diaryl/α,β-unsaturated/α-hetero) is 1. The number of hydrogen-bond donors (Lipinski definition) is 0. The summed E-state index contributed by atoms with van der Waals surface area (Å²) in [6.45, 7) is 26.9. The van der Waals surface area contributed by atoms with Crippen LogP contribution < -0.4 is 0 Å². The van der Waals surface area contributed by atoms with Gasteiger partial charge in [0.2, 0.25) is 16.6 Å². The van der Waals surface area contributed by atoms with Crippen molar-refractivity contribution in [1.29, 1.82) is 0 Å². The molecule has 0 aromatic carbocycles. The van der Waals surface area contributed by atoms with Gasteiger partial charge in [0.05, 0.1) is 18.4 Å². The topological polar surface area (TPSA) is 35.5 Å². The molecule has 168 valence electrons. The van der Waals surface area contributed by atoms with Gasteiger partial charge >= 0.3 is 0 Å². The van der Waals surface area contributed by atoms with E-state index < -0.39 is 16.6 Å². The molecule has 1 rings (SSSR count). The highest BCUT2D eigenvalue weighted by atomic mass is 28.4. The van der Waals surface area contributed by atoms with Gasteiger partial charge in [-0.2, -0.15) is 0 Å². The molecule has 0 aromatic heterocycles. The Hall–Kier alpha value is -0.816. The van der Waals surface area contributed by atoms with Gasteiger partial charge in [-0.1, -0.05) is 55.4 Å². The smallest absolute Gasteiger partial charge is 0.250 e. The molecular formula is C24H46O3Si2. The quantitative estimate of drug-likeness (QED) is 0.315. The standard InChI is InChI=1S/C24H46O3Si2/c1-18(2)22-17-20(25)16-21(27-29(11,12)24(6,7)8)15-19(22)13-14-26-28(9,10)23(3,4)5/h13-15,18-19,22H,16-17H2,1-12H3/b14-13-/t19-,22-/m0/s1. The van der Waals surface area contributed by atoms with Crippen molar-refractivity contribution in [2.24, 2.45) is 17.8 Å². The third-order valence-corrected chi connectivity index (χ3v) is 15.9. The van der Waals surface area contributed by atoms with E-state index in [-0.39, 0.29) is 27.7 Å². The maximum absolute atomic E-state index is 12.7. The van der Waals surface area contributed by atoms with Crippen molar-refractivity contribution in [2.45, 2.75) is 104 Å². The van der Waals surface area contributed by atoms with Crippen molar-refractivity contribution >= 4 is 22.4 Å². The van der Waals surface area contributed by atoms with E-state index in [4.69, 9.17) is 8.85 Å². The minimum absolute atomic E-state index is 0.109.